The number of carbonyl (C=O) groups excluding carboxylic acids is 1. The van der Waals surface area contributed by atoms with Gasteiger partial charge in [0.25, 0.3) is 0 Å². The van der Waals surface area contributed by atoms with E-state index in [9.17, 15) is 4.79 Å². The Morgan fingerprint density at radius 2 is 1.95 bits per heavy atom. The zero-order chi connectivity index (χ0) is 14.4. The summed E-state index contributed by atoms with van der Waals surface area (Å²) in [6.07, 6.45) is 0.794. The summed E-state index contributed by atoms with van der Waals surface area (Å²) in [4.78, 5) is 10.7. The zero-order valence-corrected chi connectivity index (χ0v) is 11.7. The molecular formula is C17H15ClO2. The molecule has 0 bridgehead atoms. The van der Waals surface area contributed by atoms with Gasteiger partial charge < -0.3 is 4.74 Å². The van der Waals surface area contributed by atoms with Gasteiger partial charge in [-0.05, 0) is 17.7 Å². The van der Waals surface area contributed by atoms with Gasteiger partial charge in [0.1, 0.15) is 12.0 Å². The molecule has 3 heteroatoms. The van der Waals surface area contributed by atoms with Crippen molar-refractivity contribution in [3.8, 4) is 5.75 Å². The van der Waals surface area contributed by atoms with Crippen molar-refractivity contribution in [2.45, 2.75) is 5.92 Å². The molecule has 0 aliphatic heterocycles. The Bertz CT molecular complexity index is 593. The van der Waals surface area contributed by atoms with E-state index in [4.69, 9.17) is 16.3 Å². The number of aldehydes is 1. The average Bonchev–Trinajstić information content (AvgIpc) is 2.48. The third-order valence-corrected chi connectivity index (χ3v) is 3.25. The summed E-state index contributed by atoms with van der Waals surface area (Å²) in [5.74, 6) is 0.561. The Kier molecular flexibility index (Phi) is 4.97. The molecule has 2 aromatic rings. The van der Waals surface area contributed by atoms with E-state index in [0.29, 0.717) is 23.0 Å². The van der Waals surface area contributed by atoms with Crippen LogP contribution in [0.15, 0.2) is 66.2 Å². The Balaban J connectivity index is 2.10. The van der Waals surface area contributed by atoms with Gasteiger partial charge in [-0.1, -0.05) is 60.6 Å². The van der Waals surface area contributed by atoms with E-state index >= 15 is 0 Å². The highest BCUT2D eigenvalue weighted by Gasteiger charge is 2.14. The first-order valence-corrected chi connectivity index (χ1v) is 6.66. The second kappa shape index (κ2) is 6.92. The normalized spacial score (nSPS) is 11.7. The molecule has 0 aliphatic rings. The maximum absolute atomic E-state index is 10.7. The molecule has 1 unspecified atom stereocenters. The molecule has 0 saturated carbocycles. The van der Waals surface area contributed by atoms with E-state index in [1.165, 1.54) is 0 Å². The Morgan fingerprint density at radius 1 is 1.20 bits per heavy atom. The van der Waals surface area contributed by atoms with Gasteiger partial charge in [0.15, 0.2) is 0 Å². The van der Waals surface area contributed by atoms with E-state index in [1.807, 2.05) is 36.4 Å². The number of halogens is 1. The quantitative estimate of drug-likeness (QED) is 0.735. The zero-order valence-electron chi connectivity index (χ0n) is 11.0. The van der Waals surface area contributed by atoms with Gasteiger partial charge in [-0.3, -0.25) is 4.79 Å². The van der Waals surface area contributed by atoms with Gasteiger partial charge in [0, 0.05) is 10.6 Å². The van der Waals surface area contributed by atoms with Gasteiger partial charge in [0.05, 0.1) is 12.5 Å². The van der Waals surface area contributed by atoms with Crippen LogP contribution in [0.2, 0.25) is 0 Å². The summed E-state index contributed by atoms with van der Waals surface area (Å²) in [6.45, 7) is 4.19. The molecule has 2 rings (SSSR count). The van der Waals surface area contributed by atoms with Crippen molar-refractivity contribution in [2.75, 3.05) is 6.61 Å². The molecule has 0 radical (unpaired) electrons. The average molecular weight is 287 g/mol. The fourth-order valence-electron chi connectivity index (χ4n) is 1.91. The first-order valence-electron chi connectivity index (χ1n) is 6.28. The maximum Gasteiger partial charge on any atom is 0.150 e. The fraction of sp³-hybridized carbons (Fsp3) is 0.118. The number of ether oxygens (including phenoxy) is 1. The van der Waals surface area contributed by atoms with Crippen LogP contribution < -0.4 is 4.74 Å². The minimum absolute atomic E-state index is 0.0854. The van der Waals surface area contributed by atoms with E-state index in [1.54, 1.807) is 18.2 Å². The SMILES string of the molecule is C=C(Cl)C(COc1cccc(C=O)c1)c1ccccc1. The van der Waals surface area contributed by atoms with Crippen molar-refractivity contribution >= 4 is 17.9 Å². The molecule has 1 atom stereocenters. The predicted molar refractivity (Wildman–Crippen MR) is 81.5 cm³/mol. The standard InChI is InChI=1S/C17H15ClO2/c1-13(18)17(15-7-3-2-4-8-15)12-20-16-9-5-6-14(10-16)11-19/h2-11,17H,1,12H2. The summed E-state index contributed by atoms with van der Waals surface area (Å²) in [5, 5.41) is 0.530. The third-order valence-electron chi connectivity index (χ3n) is 2.99. The van der Waals surface area contributed by atoms with Crippen molar-refractivity contribution in [2.24, 2.45) is 0 Å². The van der Waals surface area contributed by atoms with Crippen LogP contribution >= 0.6 is 11.6 Å². The number of hydrogen-bond donors (Lipinski definition) is 0. The molecule has 0 aromatic heterocycles. The molecule has 0 amide bonds. The predicted octanol–water partition coefficient (Wildman–Crippen LogP) is 4.41. The molecule has 0 spiro atoms. The minimum atomic E-state index is -0.0854. The molecule has 2 nitrogen and oxygen atoms in total. The molecule has 2 aromatic carbocycles. The third kappa shape index (κ3) is 3.72. The smallest absolute Gasteiger partial charge is 0.150 e. The Morgan fingerprint density at radius 3 is 2.60 bits per heavy atom. The second-order valence-electron chi connectivity index (χ2n) is 4.41. The number of hydrogen-bond acceptors (Lipinski definition) is 2. The van der Waals surface area contributed by atoms with Gasteiger partial charge in [-0.25, -0.2) is 0 Å². The number of carbonyl (C=O) groups is 1. The molecule has 0 saturated heterocycles. The molecule has 0 fully saturated rings. The summed E-state index contributed by atoms with van der Waals surface area (Å²) >= 11 is 6.07. The van der Waals surface area contributed by atoms with Crippen molar-refractivity contribution in [3.63, 3.8) is 0 Å². The van der Waals surface area contributed by atoms with E-state index in [-0.39, 0.29) is 5.92 Å². The molecule has 102 valence electrons. The van der Waals surface area contributed by atoms with Gasteiger partial charge in [-0.15, -0.1) is 0 Å². The molecule has 20 heavy (non-hydrogen) atoms. The lowest BCUT2D eigenvalue weighted by Crippen LogP contribution is -2.10. The highest BCUT2D eigenvalue weighted by Crippen LogP contribution is 2.27. The van der Waals surface area contributed by atoms with Crippen LogP contribution in [0.1, 0.15) is 21.8 Å². The summed E-state index contributed by atoms with van der Waals surface area (Å²) < 4.78 is 5.72. The highest BCUT2D eigenvalue weighted by atomic mass is 35.5. The van der Waals surface area contributed by atoms with Crippen molar-refractivity contribution < 1.29 is 9.53 Å². The first kappa shape index (κ1) is 14.4. The van der Waals surface area contributed by atoms with E-state index < -0.39 is 0 Å². The lowest BCUT2D eigenvalue weighted by Gasteiger charge is -2.17. The molecule has 0 N–H and O–H groups in total. The molecular weight excluding hydrogens is 272 g/mol. The molecule has 0 heterocycles. The number of benzene rings is 2. The summed E-state index contributed by atoms with van der Waals surface area (Å²) in [7, 11) is 0. The van der Waals surface area contributed by atoms with Crippen LogP contribution in [0, 0.1) is 0 Å². The Hall–Kier alpha value is -2.06. The molecule has 0 aliphatic carbocycles. The lowest BCUT2D eigenvalue weighted by molar-refractivity contribution is 0.112. The first-order chi connectivity index (χ1) is 9.70. The lowest BCUT2D eigenvalue weighted by atomic mass is 10.00. The van der Waals surface area contributed by atoms with Crippen LogP contribution in [-0.2, 0) is 0 Å². The minimum Gasteiger partial charge on any atom is -0.493 e. The maximum atomic E-state index is 10.7. The largest absolute Gasteiger partial charge is 0.493 e. The second-order valence-corrected chi connectivity index (χ2v) is 4.90. The number of rotatable bonds is 6. The fourth-order valence-corrected chi connectivity index (χ4v) is 2.10. The van der Waals surface area contributed by atoms with E-state index in [2.05, 4.69) is 6.58 Å². The Labute approximate surface area is 123 Å². The van der Waals surface area contributed by atoms with Crippen LogP contribution in [0.25, 0.3) is 0 Å². The topological polar surface area (TPSA) is 26.3 Å². The van der Waals surface area contributed by atoms with Crippen LogP contribution in [0.3, 0.4) is 0 Å². The van der Waals surface area contributed by atoms with Crippen LogP contribution in [0.4, 0.5) is 0 Å². The van der Waals surface area contributed by atoms with Crippen LogP contribution in [0.5, 0.6) is 5.75 Å². The van der Waals surface area contributed by atoms with Crippen molar-refractivity contribution in [1.29, 1.82) is 0 Å². The monoisotopic (exact) mass is 286 g/mol. The van der Waals surface area contributed by atoms with Gasteiger partial charge in [0.2, 0.25) is 0 Å². The van der Waals surface area contributed by atoms with Gasteiger partial charge in [-0.2, -0.15) is 0 Å². The highest BCUT2D eigenvalue weighted by molar-refractivity contribution is 6.30. The summed E-state index contributed by atoms with van der Waals surface area (Å²) in [5.41, 5.74) is 1.64. The van der Waals surface area contributed by atoms with Crippen molar-refractivity contribution in [1.82, 2.24) is 0 Å². The van der Waals surface area contributed by atoms with Crippen molar-refractivity contribution in [3.05, 3.63) is 77.3 Å². The van der Waals surface area contributed by atoms with Gasteiger partial charge >= 0.3 is 0 Å². The van der Waals surface area contributed by atoms with Crippen LogP contribution in [-0.4, -0.2) is 12.9 Å². The van der Waals surface area contributed by atoms with E-state index in [0.717, 1.165) is 11.8 Å². The summed E-state index contributed by atoms with van der Waals surface area (Å²) in [6, 6.07) is 16.9.